The van der Waals surface area contributed by atoms with Gasteiger partial charge in [-0.25, -0.2) is 0 Å². The lowest BCUT2D eigenvalue weighted by atomic mass is 9.89. The van der Waals surface area contributed by atoms with Crippen molar-refractivity contribution >= 4 is 11.9 Å². The smallest absolute Gasteiger partial charge is 0.319 e. The summed E-state index contributed by atoms with van der Waals surface area (Å²) < 4.78 is 5.89. The summed E-state index contributed by atoms with van der Waals surface area (Å²) in [6.07, 6.45) is 2.79. The molecule has 0 bridgehead atoms. The molecule has 0 spiro atoms. The molecule has 1 aliphatic carbocycles. The summed E-state index contributed by atoms with van der Waals surface area (Å²) in [4.78, 5) is 23.3. The van der Waals surface area contributed by atoms with E-state index in [-0.39, 0.29) is 17.9 Å². The van der Waals surface area contributed by atoms with E-state index < -0.39 is 11.4 Å². The van der Waals surface area contributed by atoms with Crippen LogP contribution in [-0.2, 0) is 14.3 Å². The van der Waals surface area contributed by atoms with Gasteiger partial charge in [0.1, 0.15) is 5.41 Å². The fourth-order valence-corrected chi connectivity index (χ4v) is 3.12. The molecule has 22 heavy (non-hydrogen) atoms. The second-order valence-electron chi connectivity index (χ2n) is 6.20. The first-order valence-corrected chi connectivity index (χ1v) is 7.82. The third kappa shape index (κ3) is 2.86. The molecule has 1 aliphatic heterocycles. The number of rotatable bonds is 5. The first-order chi connectivity index (χ1) is 10.6. The average molecular weight is 303 g/mol. The highest BCUT2D eigenvalue weighted by atomic mass is 16.5. The third-order valence-electron chi connectivity index (χ3n) is 4.69. The van der Waals surface area contributed by atoms with Crippen molar-refractivity contribution in [3.63, 3.8) is 0 Å². The molecule has 5 heteroatoms. The van der Waals surface area contributed by atoms with Gasteiger partial charge in [0.05, 0.1) is 6.10 Å². The van der Waals surface area contributed by atoms with Crippen LogP contribution >= 0.6 is 0 Å². The van der Waals surface area contributed by atoms with Crippen LogP contribution in [0.25, 0.3) is 0 Å². The normalized spacial score (nSPS) is 26.2. The highest BCUT2D eigenvalue weighted by molar-refractivity contribution is 6.04. The van der Waals surface area contributed by atoms with Gasteiger partial charge in [0.25, 0.3) is 0 Å². The van der Waals surface area contributed by atoms with Crippen molar-refractivity contribution in [2.75, 3.05) is 13.2 Å². The first-order valence-electron chi connectivity index (χ1n) is 7.82. The number of nitrogens with one attached hydrogen (secondary N) is 1. The molecule has 0 aromatic heterocycles. The Morgan fingerprint density at radius 3 is 2.64 bits per heavy atom. The van der Waals surface area contributed by atoms with Gasteiger partial charge in [0.15, 0.2) is 0 Å². The van der Waals surface area contributed by atoms with Crippen molar-refractivity contribution in [2.24, 2.45) is 11.3 Å². The minimum atomic E-state index is -1.17. The summed E-state index contributed by atoms with van der Waals surface area (Å²) in [6.45, 7) is 1.19. The SMILES string of the molecule is O=C(O)C1(C(=O)NCC2CCCOC2c2ccccc2)CC1. The molecule has 3 rings (SSSR count). The Labute approximate surface area is 129 Å². The highest BCUT2D eigenvalue weighted by Gasteiger charge is 2.57. The number of carbonyl (C=O) groups excluding carboxylic acids is 1. The number of hydrogen-bond donors (Lipinski definition) is 2. The number of aliphatic carboxylic acids is 1. The number of carboxylic acids is 1. The average Bonchev–Trinajstić information content (AvgIpc) is 3.36. The molecule has 2 unspecified atom stereocenters. The van der Waals surface area contributed by atoms with Gasteiger partial charge in [-0.15, -0.1) is 0 Å². The molecular weight excluding hydrogens is 282 g/mol. The van der Waals surface area contributed by atoms with Crippen LogP contribution in [0.2, 0.25) is 0 Å². The maximum atomic E-state index is 12.1. The number of benzene rings is 1. The van der Waals surface area contributed by atoms with Crippen LogP contribution in [0, 0.1) is 11.3 Å². The predicted molar refractivity (Wildman–Crippen MR) is 80.2 cm³/mol. The monoisotopic (exact) mass is 303 g/mol. The summed E-state index contributed by atoms with van der Waals surface area (Å²) in [5, 5.41) is 12.0. The number of amides is 1. The van der Waals surface area contributed by atoms with E-state index in [4.69, 9.17) is 9.84 Å². The summed E-state index contributed by atoms with van der Waals surface area (Å²) in [5.74, 6) is -1.17. The van der Waals surface area contributed by atoms with E-state index in [1.807, 2.05) is 30.3 Å². The van der Waals surface area contributed by atoms with Crippen LogP contribution < -0.4 is 5.32 Å². The molecule has 1 amide bonds. The Kier molecular flexibility index (Phi) is 4.16. The number of hydrogen-bond acceptors (Lipinski definition) is 3. The van der Waals surface area contributed by atoms with E-state index in [0.29, 0.717) is 19.4 Å². The van der Waals surface area contributed by atoms with E-state index >= 15 is 0 Å². The highest BCUT2D eigenvalue weighted by Crippen LogP contribution is 2.46. The fourth-order valence-electron chi connectivity index (χ4n) is 3.12. The molecule has 0 radical (unpaired) electrons. The van der Waals surface area contributed by atoms with Crippen LogP contribution in [0.3, 0.4) is 0 Å². The molecular formula is C17H21NO4. The van der Waals surface area contributed by atoms with Crippen LogP contribution in [-0.4, -0.2) is 30.1 Å². The van der Waals surface area contributed by atoms with E-state index in [9.17, 15) is 9.59 Å². The van der Waals surface area contributed by atoms with Gasteiger partial charge in [-0.2, -0.15) is 0 Å². The number of ether oxygens (including phenoxy) is 1. The van der Waals surface area contributed by atoms with Gasteiger partial charge in [-0.3, -0.25) is 9.59 Å². The van der Waals surface area contributed by atoms with E-state index in [0.717, 1.165) is 25.0 Å². The van der Waals surface area contributed by atoms with Crippen molar-refractivity contribution < 1.29 is 19.4 Å². The van der Waals surface area contributed by atoms with Gasteiger partial charge in [0.2, 0.25) is 5.91 Å². The summed E-state index contributed by atoms with van der Waals surface area (Å²) in [7, 11) is 0. The lowest BCUT2D eigenvalue weighted by Gasteiger charge is -2.32. The zero-order valence-electron chi connectivity index (χ0n) is 12.5. The van der Waals surface area contributed by atoms with Crippen molar-refractivity contribution in [2.45, 2.75) is 31.8 Å². The molecule has 5 nitrogen and oxygen atoms in total. The van der Waals surface area contributed by atoms with Crippen molar-refractivity contribution in [3.05, 3.63) is 35.9 Å². The Hall–Kier alpha value is -1.88. The van der Waals surface area contributed by atoms with Gasteiger partial charge in [-0.1, -0.05) is 30.3 Å². The second-order valence-corrected chi connectivity index (χ2v) is 6.20. The van der Waals surface area contributed by atoms with E-state index in [2.05, 4.69) is 5.32 Å². The van der Waals surface area contributed by atoms with Gasteiger partial charge in [0, 0.05) is 19.1 Å². The molecule has 118 valence electrons. The molecule has 2 fully saturated rings. The molecule has 1 heterocycles. The Balaban J connectivity index is 1.63. The Bertz CT molecular complexity index is 553. The minimum Gasteiger partial charge on any atom is -0.480 e. The molecule has 1 aromatic rings. The van der Waals surface area contributed by atoms with Crippen LogP contribution in [0.5, 0.6) is 0 Å². The maximum absolute atomic E-state index is 12.1. The quantitative estimate of drug-likeness (QED) is 0.817. The topological polar surface area (TPSA) is 75.6 Å². The maximum Gasteiger partial charge on any atom is 0.319 e. The van der Waals surface area contributed by atoms with E-state index in [1.54, 1.807) is 0 Å². The largest absolute Gasteiger partial charge is 0.480 e. The lowest BCUT2D eigenvalue weighted by molar-refractivity contribution is -0.149. The van der Waals surface area contributed by atoms with Gasteiger partial charge in [-0.05, 0) is 31.2 Å². The second kappa shape index (κ2) is 6.08. The summed E-state index contributed by atoms with van der Waals surface area (Å²) >= 11 is 0. The minimum absolute atomic E-state index is 0.0322. The molecule has 2 N–H and O–H groups in total. The fraction of sp³-hybridized carbons (Fsp3) is 0.529. The number of carbonyl (C=O) groups is 2. The zero-order valence-corrected chi connectivity index (χ0v) is 12.5. The molecule has 1 saturated heterocycles. The number of carboxylic acid groups (broad SMARTS) is 1. The Morgan fingerprint density at radius 1 is 1.27 bits per heavy atom. The molecule has 2 aliphatic rings. The summed E-state index contributed by atoms with van der Waals surface area (Å²) in [6, 6.07) is 9.99. The first kappa shape index (κ1) is 15.0. The van der Waals surface area contributed by atoms with Crippen molar-refractivity contribution in [1.29, 1.82) is 0 Å². The molecule has 2 atom stereocenters. The van der Waals surface area contributed by atoms with Crippen molar-refractivity contribution in [3.8, 4) is 0 Å². The van der Waals surface area contributed by atoms with Crippen LogP contribution in [0.1, 0.15) is 37.4 Å². The van der Waals surface area contributed by atoms with Crippen LogP contribution in [0.4, 0.5) is 0 Å². The van der Waals surface area contributed by atoms with Gasteiger partial charge >= 0.3 is 5.97 Å². The lowest BCUT2D eigenvalue weighted by Crippen LogP contribution is -2.41. The molecule has 1 saturated carbocycles. The predicted octanol–water partition coefficient (Wildman–Crippen LogP) is 2.14. The third-order valence-corrected chi connectivity index (χ3v) is 4.69. The molecule has 1 aromatic carbocycles. The van der Waals surface area contributed by atoms with Gasteiger partial charge < -0.3 is 15.2 Å². The van der Waals surface area contributed by atoms with Crippen molar-refractivity contribution in [1.82, 2.24) is 5.32 Å². The Morgan fingerprint density at radius 2 is 2.00 bits per heavy atom. The summed E-state index contributed by atoms with van der Waals surface area (Å²) in [5.41, 5.74) is -0.0570. The van der Waals surface area contributed by atoms with Crippen LogP contribution in [0.15, 0.2) is 30.3 Å². The standard InChI is InChI=1S/C17H21NO4/c19-15(17(8-9-17)16(20)21)18-11-13-7-4-10-22-14(13)12-5-2-1-3-6-12/h1-3,5-6,13-14H,4,7-11H2,(H,18,19)(H,20,21). The zero-order chi connectivity index (χ0) is 15.6. The van der Waals surface area contributed by atoms with E-state index in [1.165, 1.54) is 0 Å².